The fourth-order valence-electron chi connectivity index (χ4n) is 2.86. The number of rotatable bonds is 4. The molecular weight excluding hydrogens is 211 g/mol. The van der Waals surface area contributed by atoms with E-state index >= 15 is 0 Å². The van der Waals surface area contributed by atoms with Gasteiger partial charge in [0.1, 0.15) is 5.82 Å². The maximum Gasteiger partial charge on any atom is 0.126 e. The van der Waals surface area contributed by atoms with Gasteiger partial charge in [0.2, 0.25) is 0 Å². The lowest BCUT2D eigenvalue weighted by Crippen LogP contribution is -2.06. The molecular formula is C16H23F. The van der Waals surface area contributed by atoms with Gasteiger partial charge < -0.3 is 0 Å². The van der Waals surface area contributed by atoms with Crippen LogP contribution in [-0.2, 0) is 6.42 Å². The molecule has 0 bridgehead atoms. The van der Waals surface area contributed by atoms with E-state index in [1.54, 1.807) is 6.07 Å². The largest absolute Gasteiger partial charge is 0.207 e. The van der Waals surface area contributed by atoms with E-state index in [-0.39, 0.29) is 5.82 Å². The van der Waals surface area contributed by atoms with E-state index in [1.807, 2.05) is 13.0 Å². The van der Waals surface area contributed by atoms with Crippen LogP contribution in [0.4, 0.5) is 4.39 Å². The van der Waals surface area contributed by atoms with Crippen LogP contribution >= 0.6 is 0 Å². The molecule has 94 valence electrons. The van der Waals surface area contributed by atoms with Gasteiger partial charge in [0.25, 0.3) is 0 Å². The molecule has 0 unspecified atom stereocenters. The molecule has 1 fully saturated rings. The van der Waals surface area contributed by atoms with E-state index < -0.39 is 0 Å². The Bertz CT molecular complexity index is 351. The second-order valence-electron chi connectivity index (χ2n) is 5.48. The first-order valence-electron chi connectivity index (χ1n) is 7.01. The molecule has 1 aromatic rings. The van der Waals surface area contributed by atoms with Gasteiger partial charge in [-0.25, -0.2) is 4.39 Å². The predicted octanol–water partition coefficient (Wildman–Crippen LogP) is 5.04. The van der Waals surface area contributed by atoms with Crippen molar-refractivity contribution in [3.8, 4) is 0 Å². The zero-order chi connectivity index (χ0) is 12.1. The highest BCUT2D eigenvalue weighted by molar-refractivity contribution is 5.23. The molecule has 0 radical (unpaired) electrons. The van der Waals surface area contributed by atoms with Crippen molar-refractivity contribution < 1.29 is 4.39 Å². The molecule has 1 heteroatoms. The minimum Gasteiger partial charge on any atom is -0.207 e. The first kappa shape index (κ1) is 12.6. The van der Waals surface area contributed by atoms with Crippen LogP contribution in [-0.4, -0.2) is 0 Å². The summed E-state index contributed by atoms with van der Waals surface area (Å²) in [6, 6.07) is 5.67. The summed E-state index contributed by atoms with van der Waals surface area (Å²) in [6.07, 6.45) is 10.7. The fraction of sp³-hybridized carbons (Fsp3) is 0.625. The summed E-state index contributed by atoms with van der Waals surface area (Å²) >= 11 is 0. The van der Waals surface area contributed by atoms with Crippen LogP contribution in [0.15, 0.2) is 18.2 Å². The monoisotopic (exact) mass is 234 g/mol. The Morgan fingerprint density at radius 3 is 2.65 bits per heavy atom. The van der Waals surface area contributed by atoms with E-state index in [2.05, 4.69) is 6.07 Å². The lowest BCUT2D eigenvalue weighted by atomic mass is 9.85. The average Bonchev–Trinajstić information content (AvgIpc) is 2.35. The van der Waals surface area contributed by atoms with Crippen molar-refractivity contribution in [2.24, 2.45) is 5.92 Å². The lowest BCUT2D eigenvalue weighted by Gasteiger charge is -2.21. The van der Waals surface area contributed by atoms with Gasteiger partial charge in [0, 0.05) is 0 Å². The van der Waals surface area contributed by atoms with Crippen LogP contribution < -0.4 is 0 Å². The Morgan fingerprint density at radius 2 is 1.94 bits per heavy atom. The molecule has 0 aromatic heterocycles. The third-order valence-corrected chi connectivity index (χ3v) is 4.04. The lowest BCUT2D eigenvalue weighted by molar-refractivity contribution is 0.332. The van der Waals surface area contributed by atoms with Gasteiger partial charge in [-0.3, -0.25) is 0 Å². The van der Waals surface area contributed by atoms with E-state index in [0.29, 0.717) is 0 Å². The quantitative estimate of drug-likeness (QED) is 0.685. The minimum absolute atomic E-state index is 0.0554. The summed E-state index contributed by atoms with van der Waals surface area (Å²) in [7, 11) is 0. The first-order chi connectivity index (χ1) is 8.25. The Labute approximate surface area is 104 Å². The smallest absolute Gasteiger partial charge is 0.126 e. The van der Waals surface area contributed by atoms with Crippen molar-refractivity contribution in [1.29, 1.82) is 0 Å². The Hall–Kier alpha value is -0.850. The third kappa shape index (κ3) is 3.83. The molecule has 0 spiro atoms. The summed E-state index contributed by atoms with van der Waals surface area (Å²) in [5, 5.41) is 0. The molecule has 1 aliphatic carbocycles. The molecule has 1 aromatic carbocycles. The number of aryl methyl sites for hydroxylation is 2. The van der Waals surface area contributed by atoms with E-state index in [1.165, 1.54) is 44.9 Å². The second kappa shape index (κ2) is 6.18. The maximum absolute atomic E-state index is 13.4. The molecule has 0 amide bonds. The van der Waals surface area contributed by atoms with Gasteiger partial charge >= 0.3 is 0 Å². The Kier molecular flexibility index (Phi) is 4.58. The molecule has 0 N–H and O–H groups in total. The predicted molar refractivity (Wildman–Crippen MR) is 70.7 cm³/mol. The van der Waals surface area contributed by atoms with Crippen molar-refractivity contribution in [2.75, 3.05) is 0 Å². The normalized spacial score (nSPS) is 17.3. The highest BCUT2D eigenvalue weighted by Crippen LogP contribution is 2.27. The summed E-state index contributed by atoms with van der Waals surface area (Å²) in [6.45, 7) is 1.82. The summed E-state index contributed by atoms with van der Waals surface area (Å²) < 4.78 is 13.4. The molecule has 0 atom stereocenters. The summed E-state index contributed by atoms with van der Waals surface area (Å²) in [4.78, 5) is 0. The topological polar surface area (TPSA) is 0 Å². The van der Waals surface area contributed by atoms with Crippen LogP contribution in [0.2, 0.25) is 0 Å². The van der Waals surface area contributed by atoms with Gasteiger partial charge in [-0.05, 0) is 42.9 Å². The van der Waals surface area contributed by atoms with Crippen LogP contribution in [0.5, 0.6) is 0 Å². The molecule has 0 heterocycles. The molecule has 0 saturated heterocycles. The van der Waals surface area contributed by atoms with Crippen LogP contribution in [0.3, 0.4) is 0 Å². The van der Waals surface area contributed by atoms with Crippen LogP contribution in [0, 0.1) is 18.7 Å². The highest BCUT2D eigenvalue weighted by atomic mass is 19.1. The number of halogens is 1. The maximum atomic E-state index is 13.4. The summed E-state index contributed by atoms with van der Waals surface area (Å²) in [5.41, 5.74) is 1.91. The van der Waals surface area contributed by atoms with Crippen molar-refractivity contribution in [1.82, 2.24) is 0 Å². The molecule has 0 aliphatic heterocycles. The molecule has 17 heavy (non-hydrogen) atoms. The number of hydrogen-bond donors (Lipinski definition) is 0. The fourth-order valence-corrected chi connectivity index (χ4v) is 2.86. The molecule has 2 rings (SSSR count). The average molecular weight is 234 g/mol. The highest BCUT2D eigenvalue weighted by Gasteiger charge is 2.12. The first-order valence-corrected chi connectivity index (χ1v) is 7.01. The minimum atomic E-state index is -0.0554. The van der Waals surface area contributed by atoms with E-state index in [4.69, 9.17) is 0 Å². The van der Waals surface area contributed by atoms with Gasteiger partial charge in [-0.1, -0.05) is 50.7 Å². The number of benzene rings is 1. The number of hydrogen-bond acceptors (Lipinski definition) is 0. The third-order valence-electron chi connectivity index (χ3n) is 4.04. The van der Waals surface area contributed by atoms with Gasteiger partial charge in [-0.15, -0.1) is 0 Å². The molecule has 1 aliphatic rings. The Morgan fingerprint density at radius 1 is 1.18 bits per heavy atom. The Balaban J connectivity index is 1.75. The standard InChI is InChI=1S/C16H23F/c1-13-10-11-15(12-16(13)17)9-5-8-14-6-3-2-4-7-14/h10-12,14H,2-9H2,1H3. The van der Waals surface area contributed by atoms with Crippen LogP contribution in [0.1, 0.15) is 56.1 Å². The van der Waals surface area contributed by atoms with E-state index in [9.17, 15) is 4.39 Å². The zero-order valence-electron chi connectivity index (χ0n) is 10.8. The molecule has 1 saturated carbocycles. The summed E-state index contributed by atoms with van der Waals surface area (Å²) in [5.74, 6) is 0.888. The van der Waals surface area contributed by atoms with Crippen molar-refractivity contribution >= 4 is 0 Å². The van der Waals surface area contributed by atoms with Crippen LogP contribution in [0.25, 0.3) is 0 Å². The second-order valence-corrected chi connectivity index (χ2v) is 5.48. The van der Waals surface area contributed by atoms with Gasteiger partial charge in [0.05, 0.1) is 0 Å². The van der Waals surface area contributed by atoms with Crippen molar-refractivity contribution in [3.05, 3.63) is 35.1 Å². The SMILES string of the molecule is Cc1ccc(CCCC2CCCCC2)cc1F. The molecule has 0 nitrogen and oxygen atoms in total. The zero-order valence-corrected chi connectivity index (χ0v) is 10.8. The van der Waals surface area contributed by atoms with Crippen molar-refractivity contribution in [2.45, 2.75) is 58.3 Å². The van der Waals surface area contributed by atoms with E-state index in [0.717, 1.165) is 23.5 Å². The van der Waals surface area contributed by atoms with Gasteiger partial charge in [0.15, 0.2) is 0 Å². The van der Waals surface area contributed by atoms with Crippen molar-refractivity contribution in [3.63, 3.8) is 0 Å². The van der Waals surface area contributed by atoms with Gasteiger partial charge in [-0.2, -0.15) is 0 Å².